The second-order valence-corrected chi connectivity index (χ2v) is 7.18. The molecule has 0 unspecified atom stereocenters. The van der Waals surface area contributed by atoms with Gasteiger partial charge in [-0.15, -0.1) is 0 Å². The van der Waals surface area contributed by atoms with Gasteiger partial charge in [0.05, 0.1) is 26.4 Å². The highest BCUT2D eigenvalue weighted by Crippen LogP contribution is 2.41. The zero-order valence-corrected chi connectivity index (χ0v) is 14.5. The predicted molar refractivity (Wildman–Crippen MR) is 91.9 cm³/mol. The van der Waals surface area contributed by atoms with E-state index >= 15 is 0 Å². The van der Waals surface area contributed by atoms with Crippen molar-refractivity contribution in [2.24, 2.45) is 11.3 Å². The molecule has 2 aliphatic rings. The van der Waals surface area contributed by atoms with Gasteiger partial charge in [0, 0.05) is 37.2 Å². The monoisotopic (exact) mass is 335 g/mol. The third-order valence-corrected chi connectivity index (χ3v) is 5.36. The number of hydrogen-bond donors (Lipinski definition) is 2. The maximum atomic E-state index is 9.88. The SMILES string of the molecule is CCCOc1ccc(CN2C[C@@H]3CCOC[C@]3(CO)C2)cc1CO. The van der Waals surface area contributed by atoms with Gasteiger partial charge in [-0.1, -0.05) is 13.0 Å². The maximum absolute atomic E-state index is 9.88. The van der Waals surface area contributed by atoms with Gasteiger partial charge in [0.1, 0.15) is 5.75 Å². The molecule has 0 bridgehead atoms. The summed E-state index contributed by atoms with van der Waals surface area (Å²) in [6.45, 7) is 7.10. The second kappa shape index (κ2) is 7.83. The third-order valence-electron chi connectivity index (χ3n) is 5.36. The Labute approximate surface area is 144 Å². The lowest BCUT2D eigenvalue weighted by atomic mass is 9.76. The van der Waals surface area contributed by atoms with Gasteiger partial charge in [0.15, 0.2) is 0 Å². The smallest absolute Gasteiger partial charge is 0.124 e. The van der Waals surface area contributed by atoms with Crippen molar-refractivity contribution in [1.29, 1.82) is 0 Å². The molecule has 1 aromatic carbocycles. The molecular formula is C19H29NO4. The standard InChI is InChI=1S/C19H29NO4/c1-2-6-24-18-4-3-15(8-16(18)11-21)9-20-10-17-5-7-23-14-19(17,12-20)13-22/h3-4,8,17,21-22H,2,5-7,9-14H2,1H3/t17-,19+/m0/s1. The van der Waals surface area contributed by atoms with Crippen LogP contribution in [0.15, 0.2) is 18.2 Å². The Morgan fingerprint density at radius 1 is 1.38 bits per heavy atom. The quantitative estimate of drug-likeness (QED) is 0.796. The molecule has 3 rings (SSSR count). The van der Waals surface area contributed by atoms with Crippen LogP contribution in [0.25, 0.3) is 0 Å². The van der Waals surface area contributed by atoms with Crippen LogP contribution in [0, 0.1) is 11.3 Å². The fourth-order valence-corrected chi connectivity index (χ4v) is 4.02. The summed E-state index contributed by atoms with van der Waals surface area (Å²) in [7, 11) is 0. The van der Waals surface area contributed by atoms with E-state index in [1.807, 2.05) is 12.1 Å². The van der Waals surface area contributed by atoms with Gasteiger partial charge in [-0.25, -0.2) is 0 Å². The number of fused-ring (bicyclic) bond motifs is 1. The largest absolute Gasteiger partial charge is 0.493 e. The molecule has 0 aromatic heterocycles. The molecule has 0 radical (unpaired) electrons. The molecule has 2 aliphatic heterocycles. The fourth-order valence-electron chi connectivity index (χ4n) is 4.02. The highest BCUT2D eigenvalue weighted by Gasteiger charge is 2.47. The van der Waals surface area contributed by atoms with Crippen LogP contribution in [0.1, 0.15) is 30.9 Å². The summed E-state index contributed by atoms with van der Waals surface area (Å²) in [5, 5.41) is 19.5. The third kappa shape index (κ3) is 3.59. The van der Waals surface area contributed by atoms with Crippen molar-refractivity contribution in [3.8, 4) is 5.75 Å². The molecule has 5 heteroatoms. The highest BCUT2D eigenvalue weighted by molar-refractivity contribution is 5.37. The van der Waals surface area contributed by atoms with Crippen LogP contribution in [0.4, 0.5) is 0 Å². The maximum Gasteiger partial charge on any atom is 0.124 e. The van der Waals surface area contributed by atoms with Gasteiger partial charge in [-0.05, 0) is 36.5 Å². The number of likely N-dealkylation sites (tertiary alicyclic amines) is 1. The lowest BCUT2D eigenvalue weighted by Gasteiger charge is -2.36. The van der Waals surface area contributed by atoms with Gasteiger partial charge in [0.25, 0.3) is 0 Å². The number of hydrogen-bond acceptors (Lipinski definition) is 5. The Morgan fingerprint density at radius 3 is 2.96 bits per heavy atom. The van der Waals surface area contributed by atoms with Gasteiger partial charge in [-0.3, -0.25) is 4.90 Å². The van der Waals surface area contributed by atoms with Gasteiger partial charge >= 0.3 is 0 Å². The fraction of sp³-hybridized carbons (Fsp3) is 0.684. The molecule has 2 fully saturated rings. The molecule has 0 spiro atoms. The predicted octanol–water partition coefficient (Wildman–Crippen LogP) is 1.80. The number of rotatable bonds is 7. The van der Waals surface area contributed by atoms with E-state index in [1.54, 1.807) is 0 Å². The summed E-state index contributed by atoms with van der Waals surface area (Å²) in [4.78, 5) is 2.40. The molecular weight excluding hydrogens is 306 g/mol. The van der Waals surface area contributed by atoms with Crippen LogP contribution in [0.5, 0.6) is 5.75 Å². The summed E-state index contributed by atoms with van der Waals surface area (Å²) in [5.41, 5.74) is 1.93. The normalized spacial score (nSPS) is 27.2. The number of aliphatic hydroxyl groups is 2. The van der Waals surface area contributed by atoms with Crippen LogP contribution < -0.4 is 4.74 Å². The summed E-state index contributed by atoms with van der Waals surface area (Å²) >= 11 is 0. The van der Waals surface area contributed by atoms with E-state index in [0.717, 1.165) is 50.4 Å². The lowest BCUT2D eigenvalue weighted by molar-refractivity contribution is -0.0561. The molecule has 2 saturated heterocycles. The molecule has 0 amide bonds. The number of ether oxygens (including phenoxy) is 2. The van der Waals surface area contributed by atoms with Crippen LogP contribution in [0.2, 0.25) is 0 Å². The first-order valence-electron chi connectivity index (χ1n) is 8.97. The van der Waals surface area contributed by atoms with E-state index in [0.29, 0.717) is 19.1 Å². The zero-order valence-electron chi connectivity index (χ0n) is 14.5. The average Bonchev–Trinajstić information content (AvgIpc) is 2.98. The Hall–Kier alpha value is -1.14. The molecule has 2 heterocycles. The van der Waals surface area contributed by atoms with Crippen molar-refractivity contribution in [3.63, 3.8) is 0 Å². The van der Waals surface area contributed by atoms with Gasteiger partial charge in [0.2, 0.25) is 0 Å². The van der Waals surface area contributed by atoms with E-state index in [2.05, 4.69) is 17.9 Å². The first-order chi connectivity index (χ1) is 11.7. The van der Waals surface area contributed by atoms with Crippen LogP contribution in [-0.2, 0) is 17.9 Å². The van der Waals surface area contributed by atoms with Gasteiger partial charge < -0.3 is 19.7 Å². The van der Waals surface area contributed by atoms with Crippen LogP contribution >= 0.6 is 0 Å². The van der Waals surface area contributed by atoms with E-state index in [1.165, 1.54) is 5.56 Å². The molecule has 134 valence electrons. The van der Waals surface area contributed by atoms with E-state index in [9.17, 15) is 10.2 Å². The Morgan fingerprint density at radius 2 is 2.25 bits per heavy atom. The highest BCUT2D eigenvalue weighted by atomic mass is 16.5. The zero-order chi connectivity index (χ0) is 17.0. The summed E-state index contributed by atoms with van der Waals surface area (Å²) < 4.78 is 11.3. The number of aliphatic hydroxyl groups excluding tert-OH is 2. The van der Waals surface area contributed by atoms with Crippen molar-refractivity contribution in [2.45, 2.75) is 32.9 Å². The van der Waals surface area contributed by atoms with E-state index in [4.69, 9.17) is 9.47 Å². The lowest BCUT2D eigenvalue weighted by Crippen LogP contribution is -2.42. The minimum atomic E-state index is -0.0950. The summed E-state index contributed by atoms with van der Waals surface area (Å²) in [6, 6.07) is 6.08. The number of nitrogens with zero attached hydrogens (tertiary/aromatic N) is 1. The minimum absolute atomic E-state index is 0.00999. The summed E-state index contributed by atoms with van der Waals surface area (Å²) in [6.07, 6.45) is 1.98. The molecule has 24 heavy (non-hydrogen) atoms. The van der Waals surface area contributed by atoms with Crippen molar-refractivity contribution in [3.05, 3.63) is 29.3 Å². The molecule has 2 N–H and O–H groups in total. The molecule has 1 aromatic rings. The molecule has 2 atom stereocenters. The second-order valence-electron chi connectivity index (χ2n) is 7.18. The molecule has 0 aliphatic carbocycles. The van der Waals surface area contributed by atoms with Crippen molar-refractivity contribution in [1.82, 2.24) is 4.90 Å². The van der Waals surface area contributed by atoms with E-state index < -0.39 is 0 Å². The number of benzene rings is 1. The van der Waals surface area contributed by atoms with Crippen molar-refractivity contribution < 1.29 is 19.7 Å². The van der Waals surface area contributed by atoms with E-state index in [-0.39, 0.29) is 18.6 Å². The Kier molecular flexibility index (Phi) is 5.76. The minimum Gasteiger partial charge on any atom is -0.493 e. The summed E-state index contributed by atoms with van der Waals surface area (Å²) in [5.74, 6) is 1.29. The first kappa shape index (κ1) is 17.7. The van der Waals surface area contributed by atoms with Crippen LogP contribution in [-0.4, -0.2) is 54.6 Å². The Balaban J connectivity index is 1.68. The Bertz CT molecular complexity index is 550. The average molecular weight is 335 g/mol. The first-order valence-corrected chi connectivity index (χ1v) is 8.97. The molecule has 5 nitrogen and oxygen atoms in total. The topological polar surface area (TPSA) is 62.2 Å². The van der Waals surface area contributed by atoms with Crippen LogP contribution in [0.3, 0.4) is 0 Å². The van der Waals surface area contributed by atoms with Crippen molar-refractivity contribution in [2.75, 3.05) is 39.5 Å². The molecule has 0 saturated carbocycles. The van der Waals surface area contributed by atoms with Gasteiger partial charge in [-0.2, -0.15) is 0 Å². The van der Waals surface area contributed by atoms with Crippen molar-refractivity contribution >= 4 is 0 Å².